The summed E-state index contributed by atoms with van der Waals surface area (Å²) in [6.07, 6.45) is -4.53. The second kappa shape index (κ2) is 7.67. The van der Waals surface area contributed by atoms with E-state index in [1.807, 2.05) is 0 Å². The van der Waals surface area contributed by atoms with Crippen molar-refractivity contribution in [1.29, 1.82) is 0 Å². The Labute approximate surface area is 116 Å². The fraction of sp³-hybridized carbons (Fsp3) is 0.182. The molecule has 0 fully saturated rings. The predicted octanol–water partition coefficient (Wildman–Crippen LogP) is -1.33. The van der Waals surface area contributed by atoms with E-state index in [1.165, 1.54) is 6.07 Å². The molecule has 1 aromatic carbocycles. The predicted molar refractivity (Wildman–Crippen MR) is 64.0 cm³/mol. The van der Waals surface area contributed by atoms with E-state index < -0.39 is 35.9 Å². The van der Waals surface area contributed by atoms with Crippen molar-refractivity contribution < 1.29 is 50.1 Å². The van der Waals surface area contributed by atoms with Gasteiger partial charge in [-0.2, -0.15) is 0 Å². The zero-order valence-electron chi connectivity index (χ0n) is 10.2. The second-order valence-corrected chi connectivity index (χ2v) is 3.57. The van der Waals surface area contributed by atoms with Gasteiger partial charge in [-0.05, 0) is 18.2 Å². The highest BCUT2D eigenvalue weighted by Crippen LogP contribution is 2.24. The molecule has 1 aromatic rings. The molecule has 0 saturated heterocycles. The van der Waals surface area contributed by atoms with Gasteiger partial charge in [0.15, 0.2) is 23.7 Å². The van der Waals surface area contributed by atoms with Crippen LogP contribution in [0.5, 0.6) is 11.5 Å². The Morgan fingerprint density at radius 3 is 1.52 bits per heavy atom. The van der Waals surface area contributed by atoms with Crippen molar-refractivity contribution >= 4 is 17.9 Å². The smallest absolute Gasteiger partial charge is 0.335 e. The van der Waals surface area contributed by atoms with Crippen LogP contribution >= 0.6 is 0 Å². The first-order chi connectivity index (χ1) is 9.57. The van der Waals surface area contributed by atoms with Crippen molar-refractivity contribution in [2.45, 2.75) is 12.2 Å². The van der Waals surface area contributed by atoms with Gasteiger partial charge in [0.05, 0.1) is 5.56 Å². The zero-order valence-corrected chi connectivity index (χ0v) is 10.2. The summed E-state index contributed by atoms with van der Waals surface area (Å²) < 4.78 is 0. The Balaban J connectivity index is 0.000000384. The van der Waals surface area contributed by atoms with Crippen molar-refractivity contribution in [3.05, 3.63) is 23.8 Å². The van der Waals surface area contributed by atoms with Gasteiger partial charge in [-0.15, -0.1) is 0 Å². The average Bonchev–Trinajstić information content (AvgIpc) is 2.40. The lowest BCUT2D eigenvalue weighted by atomic mass is 10.2. The molecule has 116 valence electrons. The molecular formula is C11H12O10. The number of phenols is 2. The van der Waals surface area contributed by atoms with Crippen LogP contribution in [0.25, 0.3) is 0 Å². The maximum Gasteiger partial charge on any atom is 0.335 e. The first-order valence-corrected chi connectivity index (χ1v) is 5.15. The van der Waals surface area contributed by atoms with E-state index in [0.29, 0.717) is 0 Å². The molecule has 1 rings (SSSR count). The number of carbonyl (C=O) groups is 3. The van der Waals surface area contributed by atoms with Crippen LogP contribution in [-0.4, -0.2) is 65.9 Å². The maximum absolute atomic E-state index is 10.3. The van der Waals surface area contributed by atoms with Gasteiger partial charge in [0.2, 0.25) is 0 Å². The molecule has 0 aliphatic heterocycles. The molecule has 0 radical (unpaired) electrons. The number of phenolic OH excluding ortho intramolecular Hbond substituents is 2. The van der Waals surface area contributed by atoms with Crippen LogP contribution in [0.4, 0.5) is 0 Å². The third-order valence-electron chi connectivity index (χ3n) is 2.03. The summed E-state index contributed by atoms with van der Waals surface area (Å²) >= 11 is 0. The van der Waals surface area contributed by atoms with Crippen LogP contribution in [0.1, 0.15) is 10.4 Å². The molecule has 21 heavy (non-hydrogen) atoms. The molecule has 0 aliphatic rings. The minimum Gasteiger partial charge on any atom is -0.504 e. The Kier molecular flexibility index (Phi) is 6.63. The molecule has 7 N–H and O–H groups in total. The van der Waals surface area contributed by atoms with Gasteiger partial charge in [0.25, 0.3) is 0 Å². The number of rotatable bonds is 4. The summed E-state index contributed by atoms with van der Waals surface area (Å²) in [5, 5.41) is 58.6. The van der Waals surface area contributed by atoms with Gasteiger partial charge < -0.3 is 35.7 Å². The van der Waals surface area contributed by atoms with Crippen LogP contribution < -0.4 is 0 Å². The summed E-state index contributed by atoms with van der Waals surface area (Å²) in [5.74, 6) is -5.43. The van der Waals surface area contributed by atoms with Crippen LogP contribution in [0, 0.1) is 0 Å². The van der Waals surface area contributed by atoms with Gasteiger partial charge in [0, 0.05) is 0 Å². The molecule has 2 atom stereocenters. The Morgan fingerprint density at radius 2 is 1.24 bits per heavy atom. The van der Waals surface area contributed by atoms with Gasteiger partial charge in [-0.1, -0.05) is 0 Å². The molecule has 0 aromatic heterocycles. The third kappa shape index (κ3) is 5.76. The topological polar surface area (TPSA) is 193 Å². The molecule has 0 aliphatic carbocycles. The van der Waals surface area contributed by atoms with Crippen molar-refractivity contribution in [2.24, 2.45) is 0 Å². The first kappa shape index (κ1) is 18.1. The number of carboxylic acids is 3. The fourth-order valence-electron chi connectivity index (χ4n) is 0.927. The van der Waals surface area contributed by atoms with Crippen LogP contribution in [0.3, 0.4) is 0 Å². The van der Waals surface area contributed by atoms with E-state index in [9.17, 15) is 14.4 Å². The second-order valence-electron chi connectivity index (χ2n) is 3.57. The van der Waals surface area contributed by atoms with Gasteiger partial charge in [-0.3, -0.25) is 0 Å². The van der Waals surface area contributed by atoms with Gasteiger partial charge in [0.1, 0.15) is 0 Å². The summed E-state index contributed by atoms with van der Waals surface area (Å²) in [6, 6.07) is 3.31. The number of aliphatic hydroxyl groups excluding tert-OH is 2. The minimum atomic E-state index is -2.27. The molecule has 0 spiro atoms. The van der Waals surface area contributed by atoms with Gasteiger partial charge >= 0.3 is 17.9 Å². The normalized spacial score (nSPS) is 12.5. The summed E-state index contributed by atoms with van der Waals surface area (Å²) in [5.41, 5.74) is -0.0553. The summed E-state index contributed by atoms with van der Waals surface area (Å²) in [4.78, 5) is 29.8. The van der Waals surface area contributed by atoms with Crippen molar-refractivity contribution in [3.63, 3.8) is 0 Å². The molecule has 0 heterocycles. The maximum atomic E-state index is 10.3. The molecule has 0 saturated carbocycles. The van der Waals surface area contributed by atoms with E-state index >= 15 is 0 Å². The number of aliphatic hydroxyl groups is 2. The van der Waals surface area contributed by atoms with E-state index in [-0.39, 0.29) is 11.3 Å². The number of aromatic carboxylic acids is 1. The molecular weight excluding hydrogens is 292 g/mol. The largest absolute Gasteiger partial charge is 0.504 e. The Bertz CT molecular complexity index is 520. The van der Waals surface area contributed by atoms with E-state index in [4.69, 9.17) is 35.7 Å². The number of benzene rings is 1. The number of hydrogen-bond acceptors (Lipinski definition) is 7. The van der Waals surface area contributed by atoms with Gasteiger partial charge in [-0.25, -0.2) is 14.4 Å². The molecule has 10 nitrogen and oxygen atoms in total. The lowest BCUT2D eigenvalue weighted by molar-refractivity contribution is -0.165. The quantitative estimate of drug-likeness (QED) is 0.328. The van der Waals surface area contributed by atoms with Crippen LogP contribution in [0.2, 0.25) is 0 Å². The van der Waals surface area contributed by atoms with E-state index in [1.54, 1.807) is 0 Å². The lowest BCUT2D eigenvalue weighted by Crippen LogP contribution is -2.39. The van der Waals surface area contributed by atoms with E-state index in [2.05, 4.69) is 0 Å². The summed E-state index contributed by atoms with van der Waals surface area (Å²) in [7, 11) is 0. The molecule has 10 heteroatoms. The highest BCUT2D eigenvalue weighted by molar-refractivity contribution is 5.88. The van der Waals surface area contributed by atoms with Crippen molar-refractivity contribution in [2.75, 3.05) is 0 Å². The standard InChI is InChI=1S/C7H6O4.C4H6O6/c8-5-2-1-4(7(10)11)3-6(5)9;5-1(3(7)8)2(6)4(9)10/h1-3,8-9H,(H,10,11);1-2,5-6H,(H,7,8)(H,9,10). The summed E-state index contributed by atoms with van der Waals surface area (Å²) in [6.45, 7) is 0. The van der Waals surface area contributed by atoms with E-state index in [0.717, 1.165) is 12.1 Å². The van der Waals surface area contributed by atoms with Crippen LogP contribution in [0.15, 0.2) is 18.2 Å². The third-order valence-corrected chi connectivity index (χ3v) is 2.03. The highest BCUT2D eigenvalue weighted by atomic mass is 16.4. The van der Waals surface area contributed by atoms with Crippen molar-refractivity contribution in [3.8, 4) is 11.5 Å². The zero-order chi connectivity index (χ0) is 16.7. The number of aromatic hydroxyl groups is 2. The van der Waals surface area contributed by atoms with Crippen LogP contribution in [-0.2, 0) is 9.59 Å². The molecule has 2 unspecified atom stereocenters. The first-order valence-electron chi connectivity index (χ1n) is 5.15. The Hall–Kier alpha value is -2.85. The fourth-order valence-corrected chi connectivity index (χ4v) is 0.927. The monoisotopic (exact) mass is 304 g/mol. The van der Waals surface area contributed by atoms with Crippen molar-refractivity contribution in [1.82, 2.24) is 0 Å². The Morgan fingerprint density at radius 1 is 0.810 bits per heavy atom. The average molecular weight is 304 g/mol. The molecule has 0 amide bonds. The molecule has 0 bridgehead atoms. The minimum absolute atomic E-state index is 0.0553. The highest BCUT2D eigenvalue weighted by Gasteiger charge is 2.29. The lowest BCUT2D eigenvalue weighted by Gasteiger charge is -2.07. The number of carboxylic acid groups (broad SMARTS) is 3. The SMILES string of the molecule is O=C(O)C(O)C(O)C(=O)O.O=C(O)c1ccc(O)c(O)c1. The number of hydrogen-bond donors (Lipinski definition) is 7. The number of aliphatic carboxylic acids is 2.